The Morgan fingerprint density at radius 3 is 2.21 bits per heavy atom. The number of rotatable bonds is 5. The number of nitrogens with one attached hydrogen (secondary N) is 1. The van der Waals surface area contributed by atoms with E-state index >= 15 is 0 Å². The molecule has 2 aliphatic rings. The summed E-state index contributed by atoms with van der Waals surface area (Å²) >= 11 is 0. The van der Waals surface area contributed by atoms with E-state index in [1.807, 2.05) is 30.3 Å². The Morgan fingerprint density at radius 1 is 0.897 bits per heavy atom. The van der Waals surface area contributed by atoms with Gasteiger partial charge in [-0.3, -0.25) is 9.59 Å². The first kappa shape index (κ1) is 19.7. The maximum absolute atomic E-state index is 13.3. The molecule has 0 bridgehead atoms. The monoisotopic (exact) mass is 390 g/mol. The molecule has 1 aliphatic heterocycles. The number of nitrogens with zero attached hydrogens (tertiary/aromatic N) is 1. The second kappa shape index (κ2) is 9.25. The molecule has 152 valence electrons. The molecule has 1 N–H and O–H groups in total. The molecule has 1 saturated carbocycles. The topological polar surface area (TPSA) is 49.4 Å². The van der Waals surface area contributed by atoms with Gasteiger partial charge >= 0.3 is 0 Å². The van der Waals surface area contributed by atoms with Crippen LogP contribution < -0.4 is 5.32 Å². The summed E-state index contributed by atoms with van der Waals surface area (Å²) in [5.74, 6) is 0.639. The first-order valence-corrected chi connectivity index (χ1v) is 10.9. The molecule has 1 unspecified atom stereocenters. The molecule has 0 radical (unpaired) electrons. The van der Waals surface area contributed by atoms with E-state index in [-0.39, 0.29) is 17.9 Å². The number of piperidine rings is 1. The zero-order chi connectivity index (χ0) is 20.1. The van der Waals surface area contributed by atoms with E-state index in [0.29, 0.717) is 18.9 Å². The molecule has 2 fully saturated rings. The SMILES string of the molecule is O=C(NC1CCC(c2ccccc2)CC1)C(c1ccccc1)N1CCCCC1=O. The van der Waals surface area contributed by atoms with Crippen LogP contribution in [0.5, 0.6) is 0 Å². The summed E-state index contributed by atoms with van der Waals surface area (Å²) in [5.41, 5.74) is 2.30. The van der Waals surface area contributed by atoms with Crippen LogP contribution in [-0.2, 0) is 9.59 Å². The van der Waals surface area contributed by atoms with Gasteiger partial charge in [0.2, 0.25) is 11.8 Å². The van der Waals surface area contributed by atoms with Crippen molar-refractivity contribution in [2.24, 2.45) is 0 Å². The fourth-order valence-electron chi connectivity index (χ4n) is 4.78. The molecule has 4 heteroatoms. The normalized spacial score (nSPS) is 23.4. The van der Waals surface area contributed by atoms with E-state index in [4.69, 9.17) is 0 Å². The summed E-state index contributed by atoms with van der Waals surface area (Å²) in [6, 6.07) is 20.1. The number of benzene rings is 2. The van der Waals surface area contributed by atoms with Crippen molar-refractivity contribution in [1.29, 1.82) is 0 Å². The van der Waals surface area contributed by atoms with Gasteiger partial charge in [-0.1, -0.05) is 60.7 Å². The lowest BCUT2D eigenvalue weighted by Crippen LogP contribution is -2.48. The molecule has 2 amide bonds. The van der Waals surface area contributed by atoms with Crippen molar-refractivity contribution < 1.29 is 9.59 Å². The molecule has 1 atom stereocenters. The van der Waals surface area contributed by atoms with Crippen LogP contribution in [0.1, 0.15) is 68.0 Å². The summed E-state index contributed by atoms with van der Waals surface area (Å²) < 4.78 is 0. The Balaban J connectivity index is 1.43. The minimum Gasteiger partial charge on any atom is -0.351 e. The summed E-state index contributed by atoms with van der Waals surface area (Å²) in [5, 5.41) is 3.27. The molecule has 0 aromatic heterocycles. The highest BCUT2D eigenvalue weighted by Gasteiger charge is 2.34. The number of hydrogen-bond donors (Lipinski definition) is 1. The van der Waals surface area contributed by atoms with Crippen molar-refractivity contribution in [2.75, 3.05) is 6.54 Å². The molecule has 4 rings (SSSR count). The van der Waals surface area contributed by atoms with Gasteiger partial charge in [0.1, 0.15) is 6.04 Å². The summed E-state index contributed by atoms with van der Waals surface area (Å²) in [6.07, 6.45) is 6.58. The second-order valence-electron chi connectivity index (χ2n) is 8.33. The average molecular weight is 391 g/mol. The largest absolute Gasteiger partial charge is 0.351 e. The second-order valence-corrected chi connectivity index (χ2v) is 8.33. The Labute approximate surface area is 173 Å². The van der Waals surface area contributed by atoms with Crippen LogP contribution >= 0.6 is 0 Å². The number of likely N-dealkylation sites (tertiary alicyclic amines) is 1. The zero-order valence-electron chi connectivity index (χ0n) is 16.9. The Morgan fingerprint density at radius 2 is 1.55 bits per heavy atom. The minimum atomic E-state index is -0.518. The van der Waals surface area contributed by atoms with E-state index in [1.54, 1.807) is 4.90 Å². The van der Waals surface area contributed by atoms with E-state index in [2.05, 4.69) is 35.6 Å². The maximum atomic E-state index is 13.3. The van der Waals surface area contributed by atoms with Crippen molar-refractivity contribution in [3.63, 3.8) is 0 Å². The minimum absolute atomic E-state index is 0.0328. The van der Waals surface area contributed by atoms with Gasteiger partial charge in [-0.15, -0.1) is 0 Å². The first-order valence-electron chi connectivity index (χ1n) is 10.9. The van der Waals surface area contributed by atoms with E-state index in [9.17, 15) is 9.59 Å². The predicted octanol–water partition coefficient (Wildman–Crippen LogP) is 4.58. The van der Waals surface area contributed by atoms with Gasteiger partial charge < -0.3 is 10.2 Å². The third-order valence-corrected chi connectivity index (χ3v) is 6.38. The standard InChI is InChI=1S/C25H30N2O2/c28-23-13-7-8-18-27(23)24(21-11-5-2-6-12-21)25(29)26-22-16-14-20(15-17-22)19-9-3-1-4-10-19/h1-6,9-12,20,22,24H,7-8,13-18H2,(H,26,29). The number of carbonyl (C=O) groups excluding carboxylic acids is 2. The van der Waals surface area contributed by atoms with Gasteiger partial charge in [-0.05, 0) is 55.6 Å². The Kier molecular flexibility index (Phi) is 6.28. The van der Waals surface area contributed by atoms with E-state index in [0.717, 1.165) is 44.1 Å². The predicted molar refractivity (Wildman–Crippen MR) is 114 cm³/mol. The average Bonchev–Trinajstić information content (AvgIpc) is 2.77. The van der Waals surface area contributed by atoms with Crippen LogP contribution in [0.25, 0.3) is 0 Å². The highest BCUT2D eigenvalue weighted by molar-refractivity contribution is 5.89. The van der Waals surface area contributed by atoms with Crippen LogP contribution in [0, 0.1) is 0 Å². The van der Waals surface area contributed by atoms with E-state index in [1.165, 1.54) is 5.56 Å². The molecular formula is C25H30N2O2. The molecule has 1 saturated heterocycles. The molecular weight excluding hydrogens is 360 g/mol. The van der Waals surface area contributed by atoms with Crippen LogP contribution in [0.3, 0.4) is 0 Å². The van der Waals surface area contributed by atoms with Gasteiger partial charge in [0.15, 0.2) is 0 Å². The number of hydrogen-bond acceptors (Lipinski definition) is 2. The van der Waals surface area contributed by atoms with Crippen molar-refractivity contribution in [2.45, 2.75) is 62.9 Å². The van der Waals surface area contributed by atoms with Crippen molar-refractivity contribution in [3.05, 3.63) is 71.8 Å². The van der Waals surface area contributed by atoms with Crippen LogP contribution in [0.4, 0.5) is 0 Å². The van der Waals surface area contributed by atoms with Gasteiger partial charge in [0.05, 0.1) is 0 Å². The Bertz CT molecular complexity index is 813. The van der Waals surface area contributed by atoms with Crippen molar-refractivity contribution in [3.8, 4) is 0 Å². The van der Waals surface area contributed by atoms with E-state index < -0.39 is 6.04 Å². The van der Waals surface area contributed by atoms with Crippen LogP contribution in [0.15, 0.2) is 60.7 Å². The maximum Gasteiger partial charge on any atom is 0.247 e. The van der Waals surface area contributed by atoms with Gasteiger partial charge in [-0.2, -0.15) is 0 Å². The molecule has 1 heterocycles. The smallest absolute Gasteiger partial charge is 0.247 e. The van der Waals surface area contributed by atoms with Gasteiger partial charge in [0, 0.05) is 19.0 Å². The third kappa shape index (κ3) is 4.69. The summed E-state index contributed by atoms with van der Waals surface area (Å²) in [6.45, 7) is 0.659. The summed E-state index contributed by atoms with van der Waals surface area (Å²) in [7, 11) is 0. The quantitative estimate of drug-likeness (QED) is 0.812. The van der Waals surface area contributed by atoms with Crippen molar-refractivity contribution >= 4 is 11.8 Å². The lowest BCUT2D eigenvalue weighted by Gasteiger charge is -2.36. The molecule has 0 spiro atoms. The number of carbonyl (C=O) groups is 2. The van der Waals surface area contributed by atoms with Crippen LogP contribution in [0.2, 0.25) is 0 Å². The zero-order valence-corrected chi connectivity index (χ0v) is 16.9. The fraction of sp³-hybridized carbons (Fsp3) is 0.440. The Hall–Kier alpha value is -2.62. The molecule has 4 nitrogen and oxygen atoms in total. The van der Waals surface area contributed by atoms with Crippen molar-refractivity contribution in [1.82, 2.24) is 10.2 Å². The fourth-order valence-corrected chi connectivity index (χ4v) is 4.78. The molecule has 2 aromatic rings. The molecule has 2 aromatic carbocycles. The summed E-state index contributed by atoms with van der Waals surface area (Å²) in [4.78, 5) is 27.6. The van der Waals surface area contributed by atoms with Crippen LogP contribution in [-0.4, -0.2) is 29.3 Å². The lowest BCUT2D eigenvalue weighted by atomic mass is 9.81. The molecule has 1 aliphatic carbocycles. The third-order valence-electron chi connectivity index (χ3n) is 6.38. The lowest BCUT2D eigenvalue weighted by molar-refractivity contribution is -0.143. The highest BCUT2D eigenvalue weighted by Crippen LogP contribution is 2.33. The number of amides is 2. The first-order chi connectivity index (χ1) is 14.2. The molecule has 29 heavy (non-hydrogen) atoms. The van der Waals surface area contributed by atoms with Gasteiger partial charge in [-0.25, -0.2) is 0 Å². The highest BCUT2D eigenvalue weighted by atomic mass is 16.2. The van der Waals surface area contributed by atoms with Gasteiger partial charge in [0.25, 0.3) is 0 Å².